The summed E-state index contributed by atoms with van der Waals surface area (Å²) >= 11 is 0. The van der Waals surface area contributed by atoms with E-state index in [2.05, 4.69) is 51.3 Å². The monoisotopic (exact) mass is 321 g/mol. The Morgan fingerprint density at radius 1 is 1.08 bits per heavy atom. The Morgan fingerprint density at radius 3 is 2.79 bits per heavy atom. The van der Waals surface area contributed by atoms with E-state index in [4.69, 9.17) is 4.74 Å². The maximum absolute atomic E-state index is 6.07. The Morgan fingerprint density at radius 2 is 1.92 bits per heavy atom. The third-order valence-electron chi connectivity index (χ3n) is 4.63. The molecule has 124 valence electrons. The summed E-state index contributed by atoms with van der Waals surface area (Å²) in [6.07, 6.45) is 3.54. The van der Waals surface area contributed by atoms with Crippen LogP contribution in [0.4, 0.5) is 5.95 Å². The van der Waals surface area contributed by atoms with Crippen LogP contribution in [-0.4, -0.2) is 35.8 Å². The van der Waals surface area contributed by atoms with Gasteiger partial charge in [0.05, 0.1) is 17.1 Å². The molecule has 1 fully saturated rings. The van der Waals surface area contributed by atoms with Crippen LogP contribution in [0.15, 0.2) is 54.6 Å². The number of aryl methyl sites for hydroxylation is 1. The molecule has 0 amide bonds. The van der Waals surface area contributed by atoms with Crippen molar-refractivity contribution in [1.82, 2.24) is 9.97 Å². The van der Waals surface area contributed by atoms with Gasteiger partial charge in [0.2, 0.25) is 5.95 Å². The molecule has 1 aliphatic heterocycles. The average Bonchev–Trinajstić information content (AvgIpc) is 3.26. The highest BCUT2D eigenvalue weighted by molar-refractivity contribution is 5.77. The Kier molecular flexibility index (Phi) is 4.47. The number of H-pyrrole nitrogens is 1. The third-order valence-corrected chi connectivity index (χ3v) is 4.63. The van der Waals surface area contributed by atoms with Crippen molar-refractivity contribution in [2.45, 2.75) is 25.4 Å². The van der Waals surface area contributed by atoms with Gasteiger partial charge >= 0.3 is 0 Å². The van der Waals surface area contributed by atoms with Gasteiger partial charge in [0.25, 0.3) is 0 Å². The first-order valence-corrected chi connectivity index (χ1v) is 8.74. The molecule has 0 bridgehead atoms. The highest BCUT2D eigenvalue weighted by Gasteiger charge is 2.25. The molecular formula is C20H23N3O. The van der Waals surface area contributed by atoms with Crippen molar-refractivity contribution in [2.75, 3.05) is 24.6 Å². The molecule has 4 nitrogen and oxygen atoms in total. The lowest BCUT2D eigenvalue weighted by molar-refractivity contribution is 0.0666. The molecule has 0 spiro atoms. The summed E-state index contributed by atoms with van der Waals surface area (Å²) in [6, 6.07) is 18.8. The zero-order valence-corrected chi connectivity index (χ0v) is 13.8. The lowest BCUT2D eigenvalue weighted by atomic mass is 10.1. The predicted molar refractivity (Wildman–Crippen MR) is 97.4 cm³/mol. The Hall–Kier alpha value is -2.33. The minimum atomic E-state index is 0.314. The molecular weight excluding hydrogens is 298 g/mol. The molecule has 1 atom stereocenters. The minimum Gasteiger partial charge on any atom is -0.376 e. The van der Waals surface area contributed by atoms with Gasteiger partial charge in [-0.25, -0.2) is 4.98 Å². The van der Waals surface area contributed by atoms with Gasteiger partial charge in [0.1, 0.15) is 0 Å². The number of aromatic amines is 1. The first-order valence-electron chi connectivity index (χ1n) is 8.74. The van der Waals surface area contributed by atoms with E-state index < -0.39 is 0 Å². The number of hydrogen-bond donors (Lipinski definition) is 1. The SMILES string of the molecule is c1ccc(CCCOC2CCN(c3nc4ccccc4[nH]3)C2)cc1. The number of nitrogens with zero attached hydrogens (tertiary/aromatic N) is 2. The van der Waals surface area contributed by atoms with Crippen LogP contribution >= 0.6 is 0 Å². The topological polar surface area (TPSA) is 41.1 Å². The van der Waals surface area contributed by atoms with Crippen molar-refractivity contribution in [3.63, 3.8) is 0 Å². The normalized spacial score (nSPS) is 17.7. The van der Waals surface area contributed by atoms with E-state index in [1.165, 1.54) is 5.56 Å². The first-order chi connectivity index (χ1) is 11.9. The number of anilines is 1. The molecule has 2 heterocycles. The number of ether oxygens (including phenoxy) is 1. The van der Waals surface area contributed by atoms with E-state index in [1.54, 1.807) is 0 Å². The summed E-state index contributed by atoms with van der Waals surface area (Å²) in [4.78, 5) is 10.4. The van der Waals surface area contributed by atoms with Crippen LogP contribution in [0, 0.1) is 0 Å². The summed E-state index contributed by atoms with van der Waals surface area (Å²) in [6.45, 7) is 2.75. The molecule has 0 saturated carbocycles. The van der Waals surface area contributed by atoms with Crippen LogP contribution in [0.5, 0.6) is 0 Å². The molecule has 3 aromatic rings. The van der Waals surface area contributed by atoms with Gasteiger partial charge in [-0.1, -0.05) is 42.5 Å². The van der Waals surface area contributed by atoms with Gasteiger partial charge in [-0.15, -0.1) is 0 Å². The van der Waals surface area contributed by atoms with E-state index in [1.807, 2.05) is 18.2 Å². The minimum absolute atomic E-state index is 0.314. The molecule has 1 N–H and O–H groups in total. The fourth-order valence-corrected chi connectivity index (χ4v) is 3.32. The standard InChI is InChI=1S/C20H23N3O/c1-2-7-16(8-3-1)9-6-14-24-17-12-13-23(15-17)20-21-18-10-4-5-11-19(18)22-20/h1-5,7-8,10-11,17H,6,9,12-15H2,(H,21,22). The van der Waals surface area contributed by atoms with Gasteiger partial charge in [0, 0.05) is 19.7 Å². The molecule has 1 unspecified atom stereocenters. The number of nitrogens with one attached hydrogen (secondary N) is 1. The van der Waals surface area contributed by atoms with E-state index in [0.717, 1.165) is 55.9 Å². The second-order valence-corrected chi connectivity index (χ2v) is 6.39. The smallest absolute Gasteiger partial charge is 0.203 e. The quantitative estimate of drug-likeness (QED) is 0.702. The van der Waals surface area contributed by atoms with Gasteiger partial charge < -0.3 is 14.6 Å². The molecule has 1 aromatic heterocycles. The number of benzene rings is 2. The molecule has 4 rings (SSSR count). The fraction of sp³-hybridized carbons (Fsp3) is 0.350. The zero-order chi connectivity index (χ0) is 16.2. The molecule has 24 heavy (non-hydrogen) atoms. The summed E-state index contributed by atoms with van der Waals surface area (Å²) in [5.41, 5.74) is 3.51. The van der Waals surface area contributed by atoms with Gasteiger partial charge in [-0.3, -0.25) is 0 Å². The van der Waals surface area contributed by atoms with Crippen molar-refractivity contribution in [3.05, 3.63) is 60.2 Å². The summed E-state index contributed by atoms with van der Waals surface area (Å²) in [7, 11) is 0. The second kappa shape index (κ2) is 7.05. The highest BCUT2D eigenvalue weighted by Crippen LogP contribution is 2.22. The van der Waals surface area contributed by atoms with Crippen LogP contribution in [0.3, 0.4) is 0 Å². The summed E-state index contributed by atoms with van der Waals surface area (Å²) in [5, 5.41) is 0. The Labute approximate surface area is 142 Å². The number of hydrogen-bond acceptors (Lipinski definition) is 3. The highest BCUT2D eigenvalue weighted by atomic mass is 16.5. The lowest BCUT2D eigenvalue weighted by Crippen LogP contribution is -2.24. The number of para-hydroxylation sites is 2. The summed E-state index contributed by atoms with van der Waals surface area (Å²) in [5.74, 6) is 0.964. The van der Waals surface area contributed by atoms with Crippen molar-refractivity contribution in [2.24, 2.45) is 0 Å². The number of fused-ring (bicyclic) bond motifs is 1. The maximum Gasteiger partial charge on any atom is 0.203 e. The van der Waals surface area contributed by atoms with Crippen LogP contribution in [-0.2, 0) is 11.2 Å². The van der Waals surface area contributed by atoms with E-state index in [0.29, 0.717) is 6.10 Å². The van der Waals surface area contributed by atoms with Gasteiger partial charge in [-0.2, -0.15) is 0 Å². The van der Waals surface area contributed by atoms with Crippen LogP contribution in [0.25, 0.3) is 11.0 Å². The molecule has 0 radical (unpaired) electrons. The molecule has 2 aromatic carbocycles. The number of aromatic nitrogens is 2. The van der Waals surface area contributed by atoms with Crippen molar-refractivity contribution in [1.29, 1.82) is 0 Å². The van der Waals surface area contributed by atoms with Crippen molar-refractivity contribution in [3.8, 4) is 0 Å². The fourth-order valence-electron chi connectivity index (χ4n) is 3.32. The number of rotatable bonds is 6. The second-order valence-electron chi connectivity index (χ2n) is 6.39. The number of imidazole rings is 1. The predicted octanol–water partition coefficient (Wildman–Crippen LogP) is 3.79. The maximum atomic E-state index is 6.07. The van der Waals surface area contributed by atoms with Crippen LogP contribution in [0.2, 0.25) is 0 Å². The van der Waals surface area contributed by atoms with Crippen LogP contribution in [0.1, 0.15) is 18.4 Å². The molecule has 1 aliphatic rings. The zero-order valence-electron chi connectivity index (χ0n) is 13.8. The van der Waals surface area contributed by atoms with E-state index in [-0.39, 0.29) is 0 Å². The summed E-state index contributed by atoms with van der Waals surface area (Å²) < 4.78 is 6.07. The van der Waals surface area contributed by atoms with Gasteiger partial charge in [0.15, 0.2) is 0 Å². The average molecular weight is 321 g/mol. The Balaban J connectivity index is 1.26. The largest absolute Gasteiger partial charge is 0.376 e. The molecule has 4 heteroatoms. The first kappa shape index (κ1) is 15.2. The van der Waals surface area contributed by atoms with E-state index in [9.17, 15) is 0 Å². The van der Waals surface area contributed by atoms with Crippen molar-refractivity contribution < 1.29 is 4.74 Å². The van der Waals surface area contributed by atoms with Crippen molar-refractivity contribution >= 4 is 17.0 Å². The Bertz CT molecular complexity index is 751. The molecule has 1 saturated heterocycles. The lowest BCUT2D eigenvalue weighted by Gasteiger charge is -2.15. The third kappa shape index (κ3) is 3.44. The molecule has 0 aliphatic carbocycles. The van der Waals surface area contributed by atoms with Gasteiger partial charge in [-0.05, 0) is 37.0 Å². The van der Waals surface area contributed by atoms with Crippen LogP contribution < -0.4 is 4.90 Å². The van der Waals surface area contributed by atoms with E-state index >= 15 is 0 Å².